The van der Waals surface area contributed by atoms with E-state index >= 15 is 0 Å². The lowest BCUT2D eigenvalue weighted by Gasteiger charge is -1.94. The van der Waals surface area contributed by atoms with Gasteiger partial charge in [0.05, 0.1) is 0 Å². The van der Waals surface area contributed by atoms with E-state index in [2.05, 4.69) is 5.92 Å². The van der Waals surface area contributed by atoms with Gasteiger partial charge in [-0.2, -0.15) is 0 Å². The average Bonchev–Trinajstić information content (AvgIpc) is 1.87. The van der Waals surface area contributed by atoms with Crippen LogP contribution in [0.3, 0.4) is 0 Å². The van der Waals surface area contributed by atoms with Crippen LogP contribution in [0.25, 0.3) is 0 Å². The van der Waals surface area contributed by atoms with Gasteiger partial charge in [-0.15, -0.1) is 12.3 Å². The Morgan fingerprint density at radius 2 is 2.50 bits per heavy atom. The van der Waals surface area contributed by atoms with Gasteiger partial charge in [-0.3, -0.25) is 0 Å². The molecule has 0 saturated heterocycles. The van der Waals surface area contributed by atoms with E-state index in [-0.39, 0.29) is 5.92 Å². The van der Waals surface area contributed by atoms with Crippen molar-refractivity contribution in [1.29, 1.82) is 0 Å². The highest BCUT2D eigenvalue weighted by Crippen LogP contribution is 1.99. The SMILES string of the molecule is C#CC(C)CC=CC(=O)O. The van der Waals surface area contributed by atoms with Gasteiger partial charge in [0, 0.05) is 12.0 Å². The summed E-state index contributed by atoms with van der Waals surface area (Å²) in [4.78, 5) is 9.93. The molecule has 0 rings (SSSR count). The lowest BCUT2D eigenvalue weighted by atomic mass is 10.1. The van der Waals surface area contributed by atoms with E-state index in [1.165, 1.54) is 0 Å². The molecular weight excluding hydrogens is 128 g/mol. The summed E-state index contributed by atoms with van der Waals surface area (Å²) in [6.07, 6.45) is 8.35. The van der Waals surface area contributed by atoms with Gasteiger partial charge < -0.3 is 5.11 Å². The van der Waals surface area contributed by atoms with Crippen LogP contribution in [0, 0.1) is 18.3 Å². The first-order chi connectivity index (χ1) is 4.66. The molecule has 0 aliphatic heterocycles. The van der Waals surface area contributed by atoms with Crippen LogP contribution in [-0.2, 0) is 4.79 Å². The summed E-state index contributed by atoms with van der Waals surface area (Å²) in [6, 6.07) is 0. The number of carbonyl (C=O) groups is 1. The monoisotopic (exact) mass is 138 g/mol. The average molecular weight is 138 g/mol. The fourth-order valence-electron chi connectivity index (χ4n) is 0.441. The molecule has 54 valence electrons. The molecule has 2 nitrogen and oxygen atoms in total. The number of carboxylic acids is 1. The first-order valence-electron chi connectivity index (χ1n) is 3.02. The molecule has 1 unspecified atom stereocenters. The molecule has 10 heavy (non-hydrogen) atoms. The van der Waals surface area contributed by atoms with Crippen molar-refractivity contribution in [2.75, 3.05) is 0 Å². The molecule has 0 aromatic heterocycles. The summed E-state index contributed by atoms with van der Waals surface area (Å²) < 4.78 is 0. The molecule has 0 aromatic rings. The number of allylic oxidation sites excluding steroid dienone is 1. The highest BCUT2D eigenvalue weighted by molar-refractivity contribution is 5.79. The maximum Gasteiger partial charge on any atom is 0.327 e. The Morgan fingerprint density at radius 1 is 1.90 bits per heavy atom. The van der Waals surface area contributed by atoms with Crippen LogP contribution >= 0.6 is 0 Å². The number of hydrogen-bond acceptors (Lipinski definition) is 1. The van der Waals surface area contributed by atoms with Crippen molar-refractivity contribution in [3.63, 3.8) is 0 Å². The van der Waals surface area contributed by atoms with E-state index < -0.39 is 5.97 Å². The smallest absolute Gasteiger partial charge is 0.327 e. The van der Waals surface area contributed by atoms with Crippen LogP contribution in [0.4, 0.5) is 0 Å². The van der Waals surface area contributed by atoms with Crippen molar-refractivity contribution in [1.82, 2.24) is 0 Å². The summed E-state index contributed by atoms with van der Waals surface area (Å²) in [5, 5.41) is 8.16. The predicted octanol–water partition coefficient (Wildman–Crippen LogP) is 1.29. The number of carboxylic acid groups (broad SMARTS) is 1. The molecule has 0 aromatic carbocycles. The van der Waals surface area contributed by atoms with Crippen molar-refractivity contribution < 1.29 is 9.90 Å². The van der Waals surface area contributed by atoms with Crippen LogP contribution < -0.4 is 0 Å². The van der Waals surface area contributed by atoms with Gasteiger partial charge in [0.15, 0.2) is 0 Å². The zero-order chi connectivity index (χ0) is 7.98. The van der Waals surface area contributed by atoms with Gasteiger partial charge in [0.25, 0.3) is 0 Å². The quantitative estimate of drug-likeness (QED) is 0.471. The van der Waals surface area contributed by atoms with Gasteiger partial charge in [-0.1, -0.05) is 13.0 Å². The lowest BCUT2D eigenvalue weighted by molar-refractivity contribution is -0.131. The third kappa shape index (κ3) is 4.92. The van der Waals surface area contributed by atoms with Crippen molar-refractivity contribution in [2.45, 2.75) is 13.3 Å². The summed E-state index contributed by atoms with van der Waals surface area (Å²) >= 11 is 0. The van der Waals surface area contributed by atoms with E-state index in [0.717, 1.165) is 6.08 Å². The summed E-state index contributed by atoms with van der Waals surface area (Å²) in [7, 11) is 0. The number of hydrogen-bond donors (Lipinski definition) is 1. The van der Waals surface area contributed by atoms with Crippen molar-refractivity contribution in [3.05, 3.63) is 12.2 Å². The molecule has 0 amide bonds. The van der Waals surface area contributed by atoms with Gasteiger partial charge >= 0.3 is 5.97 Å². The molecule has 1 N–H and O–H groups in total. The second kappa shape index (κ2) is 4.63. The van der Waals surface area contributed by atoms with Gasteiger partial charge in [0.2, 0.25) is 0 Å². The Kier molecular flexibility index (Phi) is 4.06. The first kappa shape index (κ1) is 8.77. The van der Waals surface area contributed by atoms with Crippen LogP contribution in [0.2, 0.25) is 0 Å². The third-order valence-electron chi connectivity index (χ3n) is 1.03. The number of aliphatic carboxylic acids is 1. The molecule has 0 radical (unpaired) electrons. The molecular formula is C8H10O2. The second-order valence-corrected chi connectivity index (χ2v) is 2.04. The van der Waals surface area contributed by atoms with Crippen LogP contribution in [0.5, 0.6) is 0 Å². The topological polar surface area (TPSA) is 37.3 Å². The van der Waals surface area contributed by atoms with Crippen LogP contribution in [0.15, 0.2) is 12.2 Å². The summed E-state index contributed by atoms with van der Waals surface area (Å²) in [5.74, 6) is 1.69. The highest BCUT2D eigenvalue weighted by atomic mass is 16.4. The Balaban J connectivity index is 3.56. The van der Waals surface area contributed by atoms with Crippen molar-refractivity contribution in [3.8, 4) is 12.3 Å². The maximum absolute atomic E-state index is 9.93. The zero-order valence-electron chi connectivity index (χ0n) is 5.87. The Labute approximate surface area is 60.6 Å². The largest absolute Gasteiger partial charge is 0.478 e. The van der Waals surface area contributed by atoms with Crippen LogP contribution in [-0.4, -0.2) is 11.1 Å². The Hall–Kier alpha value is -1.23. The molecule has 0 fully saturated rings. The minimum absolute atomic E-state index is 0.121. The second-order valence-electron chi connectivity index (χ2n) is 2.04. The first-order valence-corrected chi connectivity index (χ1v) is 3.02. The number of rotatable bonds is 3. The summed E-state index contributed by atoms with van der Waals surface area (Å²) in [6.45, 7) is 1.87. The van der Waals surface area contributed by atoms with Gasteiger partial charge in [-0.25, -0.2) is 4.79 Å². The van der Waals surface area contributed by atoms with E-state index in [1.807, 2.05) is 6.92 Å². The molecule has 0 saturated carbocycles. The Bertz CT molecular complexity index is 174. The van der Waals surface area contributed by atoms with Gasteiger partial charge in [0.1, 0.15) is 0 Å². The zero-order valence-corrected chi connectivity index (χ0v) is 5.87. The van der Waals surface area contributed by atoms with Gasteiger partial charge in [-0.05, 0) is 6.42 Å². The molecule has 0 bridgehead atoms. The highest BCUT2D eigenvalue weighted by Gasteiger charge is 1.91. The third-order valence-corrected chi connectivity index (χ3v) is 1.03. The van der Waals surface area contributed by atoms with E-state index in [0.29, 0.717) is 6.42 Å². The minimum Gasteiger partial charge on any atom is -0.478 e. The van der Waals surface area contributed by atoms with Crippen LogP contribution in [0.1, 0.15) is 13.3 Å². The fourth-order valence-corrected chi connectivity index (χ4v) is 0.441. The molecule has 0 aliphatic carbocycles. The fraction of sp³-hybridized carbons (Fsp3) is 0.375. The normalized spacial score (nSPS) is 12.8. The maximum atomic E-state index is 9.93. The molecule has 0 spiro atoms. The number of terminal acetylenes is 1. The van der Waals surface area contributed by atoms with Crippen molar-refractivity contribution in [2.24, 2.45) is 5.92 Å². The predicted molar refractivity (Wildman–Crippen MR) is 39.4 cm³/mol. The van der Waals surface area contributed by atoms with E-state index in [4.69, 9.17) is 11.5 Å². The lowest BCUT2D eigenvalue weighted by Crippen LogP contribution is -1.89. The Morgan fingerprint density at radius 3 is 2.90 bits per heavy atom. The molecule has 0 aliphatic rings. The molecule has 0 heterocycles. The molecule has 1 atom stereocenters. The van der Waals surface area contributed by atoms with Crippen molar-refractivity contribution >= 4 is 5.97 Å². The van der Waals surface area contributed by atoms with E-state index in [9.17, 15) is 4.79 Å². The van der Waals surface area contributed by atoms with E-state index in [1.54, 1.807) is 6.08 Å². The standard InChI is InChI=1S/C8H10O2/c1-3-7(2)5-4-6-8(9)10/h1,4,6-7H,5H2,2H3,(H,9,10). The summed E-state index contributed by atoms with van der Waals surface area (Å²) in [5.41, 5.74) is 0. The minimum atomic E-state index is -0.927. The molecule has 2 heteroatoms.